The average molecular weight is 251 g/mol. The molecule has 0 aliphatic rings. The van der Waals surface area contributed by atoms with Crippen LogP contribution in [0.5, 0.6) is 0 Å². The lowest BCUT2D eigenvalue weighted by Crippen LogP contribution is -2.12. The van der Waals surface area contributed by atoms with Gasteiger partial charge in [0, 0.05) is 18.1 Å². The summed E-state index contributed by atoms with van der Waals surface area (Å²) in [5.74, 6) is 0.464. The Morgan fingerprint density at radius 3 is 2.83 bits per heavy atom. The number of ether oxygens (including phenoxy) is 1. The van der Waals surface area contributed by atoms with Crippen molar-refractivity contribution >= 4 is 11.0 Å². The molecular weight excluding hydrogens is 233 g/mol. The first-order chi connectivity index (χ1) is 8.69. The highest BCUT2D eigenvalue weighted by Gasteiger charge is 2.17. The first-order valence-electron chi connectivity index (χ1n) is 6.08. The molecule has 0 bridgehead atoms. The molecule has 0 fully saturated rings. The molecule has 2 rings (SSSR count). The van der Waals surface area contributed by atoms with Gasteiger partial charge >= 0.3 is 0 Å². The second-order valence-corrected chi connectivity index (χ2v) is 4.29. The van der Waals surface area contributed by atoms with E-state index >= 15 is 0 Å². The van der Waals surface area contributed by atoms with E-state index in [4.69, 9.17) is 9.15 Å². The summed E-state index contributed by atoms with van der Waals surface area (Å²) in [6, 6.07) is 3.66. The second kappa shape index (κ2) is 5.50. The number of benzene rings is 1. The molecular formula is C14H18FNO2. The molecule has 98 valence electrons. The lowest BCUT2D eigenvalue weighted by Gasteiger charge is -2.02. The van der Waals surface area contributed by atoms with Crippen LogP contribution in [0.15, 0.2) is 16.5 Å². The third-order valence-electron chi connectivity index (χ3n) is 3.00. The van der Waals surface area contributed by atoms with Gasteiger partial charge in [0.05, 0.1) is 13.2 Å². The van der Waals surface area contributed by atoms with Crippen LogP contribution in [0.2, 0.25) is 0 Å². The van der Waals surface area contributed by atoms with Crippen molar-refractivity contribution in [1.29, 1.82) is 0 Å². The van der Waals surface area contributed by atoms with Gasteiger partial charge in [0.2, 0.25) is 0 Å². The van der Waals surface area contributed by atoms with Crippen LogP contribution in [-0.2, 0) is 17.9 Å². The summed E-state index contributed by atoms with van der Waals surface area (Å²) in [6.45, 7) is 5.60. The third-order valence-corrected chi connectivity index (χ3v) is 3.00. The van der Waals surface area contributed by atoms with Gasteiger partial charge in [-0.25, -0.2) is 4.39 Å². The predicted molar refractivity (Wildman–Crippen MR) is 69.0 cm³/mol. The van der Waals surface area contributed by atoms with Crippen molar-refractivity contribution in [1.82, 2.24) is 5.32 Å². The smallest absolute Gasteiger partial charge is 0.170 e. The molecule has 1 aromatic heterocycles. The van der Waals surface area contributed by atoms with Crippen molar-refractivity contribution in [3.8, 4) is 0 Å². The van der Waals surface area contributed by atoms with E-state index < -0.39 is 0 Å². The lowest BCUT2D eigenvalue weighted by atomic mass is 10.1. The number of halogens is 1. The van der Waals surface area contributed by atoms with Crippen LogP contribution in [0.4, 0.5) is 4.39 Å². The highest BCUT2D eigenvalue weighted by molar-refractivity contribution is 5.83. The molecule has 0 aliphatic carbocycles. The largest absolute Gasteiger partial charge is 0.456 e. The minimum atomic E-state index is -0.285. The van der Waals surface area contributed by atoms with Gasteiger partial charge in [0.25, 0.3) is 0 Å². The van der Waals surface area contributed by atoms with Crippen molar-refractivity contribution < 1.29 is 13.5 Å². The summed E-state index contributed by atoms with van der Waals surface area (Å²) in [6.07, 6.45) is 0. The van der Waals surface area contributed by atoms with E-state index in [-0.39, 0.29) is 5.82 Å². The Balaban J connectivity index is 2.55. The van der Waals surface area contributed by atoms with E-state index in [1.165, 1.54) is 0 Å². The number of hydrogen-bond acceptors (Lipinski definition) is 3. The molecule has 0 unspecified atom stereocenters. The molecule has 0 atom stereocenters. The van der Waals surface area contributed by atoms with Gasteiger partial charge in [-0.15, -0.1) is 0 Å². The molecule has 0 spiro atoms. The summed E-state index contributed by atoms with van der Waals surface area (Å²) in [7, 11) is 1.63. The summed E-state index contributed by atoms with van der Waals surface area (Å²) in [5.41, 5.74) is 1.84. The number of hydrogen-bond donors (Lipinski definition) is 1. The molecule has 1 aromatic carbocycles. The van der Waals surface area contributed by atoms with Crippen molar-refractivity contribution in [2.75, 3.05) is 13.7 Å². The molecule has 0 saturated heterocycles. The van der Waals surface area contributed by atoms with Crippen molar-refractivity contribution in [2.45, 2.75) is 27.0 Å². The van der Waals surface area contributed by atoms with Crippen LogP contribution in [0.1, 0.15) is 23.8 Å². The molecule has 2 aromatic rings. The number of furan rings is 1. The summed E-state index contributed by atoms with van der Waals surface area (Å²) < 4.78 is 24.8. The number of nitrogens with one attached hydrogen (secondary N) is 1. The Kier molecular flexibility index (Phi) is 3.99. The monoisotopic (exact) mass is 251 g/mol. The Morgan fingerprint density at radius 2 is 2.17 bits per heavy atom. The SMILES string of the molecule is CCNCc1oc2c(F)c(C)ccc2c1COC. The normalized spacial score (nSPS) is 11.3. The zero-order valence-electron chi connectivity index (χ0n) is 11.0. The van der Waals surface area contributed by atoms with E-state index in [0.717, 1.165) is 23.3 Å². The molecule has 0 saturated carbocycles. The molecule has 3 nitrogen and oxygen atoms in total. The van der Waals surface area contributed by atoms with Crippen molar-refractivity contribution in [2.24, 2.45) is 0 Å². The van der Waals surface area contributed by atoms with Gasteiger partial charge in [-0.3, -0.25) is 0 Å². The van der Waals surface area contributed by atoms with E-state index in [1.54, 1.807) is 20.1 Å². The van der Waals surface area contributed by atoms with Crippen molar-refractivity contribution in [3.63, 3.8) is 0 Å². The summed E-state index contributed by atoms with van der Waals surface area (Å²) in [4.78, 5) is 0. The van der Waals surface area contributed by atoms with Gasteiger partial charge in [-0.1, -0.05) is 19.1 Å². The molecule has 0 radical (unpaired) electrons. The van der Waals surface area contributed by atoms with Crippen LogP contribution in [0.25, 0.3) is 11.0 Å². The Bertz CT molecular complexity index is 548. The van der Waals surface area contributed by atoms with Crippen LogP contribution in [0.3, 0.4) is 0 Å². The summed E-state index contributed by atoms with van der Waals surface area (Å²) >= 11 is 0. The highest BCUT2D eigenvalue weighted by atomic mass is 19.1. The first-order valence-corrected chi connectivity index (χ1v) is 6.08. The second-order valence-electron chi connectivity index (χ2n) is 4.29. The first kappa shape index (κ1) is 13.1. The van der Waals surface area contributed by atoms with Crippen LogP contribution in [0, 0.1) is 12.7 Å². The topological polar surface area (TPSA) is 34.4 Å². The van der Waals surface area contributed by atoms with Crippen LogP contribution in [-0.4, -0.2) is 13.7 Å². The standard InChI is InChI=1S/C14H18FNO2/c1-4-16-7-12-11(8-17-3)10-6-5-9(2)13(15)14(10)18-12/h5-6,16H,4,7-8H2,1-3H3. The van der Waals surface area contributed by atoms with Gasteiger partial charge in [0.15, 0.2) is 11.4 Å². The van der Waals surface area contributed by atoms with E-state index in [0.29, 0.717) is 24.3 Å². The van der Waals surface area contributed by atoms with Gasteiger partial charge in [0.1, 0.15) is 5.76 Å². The fraction of sp³-hybridized carbons (Fsp3) is 0.429. The number of rotatable bonds is 5. The fourth-order valence-electron chi connectivity index (χ4n) is 2.01. The van der Waals surface area contributed by atoms with Gasteiger partial charge in [-0.05, 0) is 19.0 Å². The van der Waals surface area contributed by atoms with Crippen LogP contribution >= 0.6 is 0 Å². The van der Waals surface area contributed by atoms with E-state index in [9.17, 15) is 4.39 Å². The minimum absolute atomic E-state index is 0.285. The van der Waals surface area contributed by atoms with E-state index in [2.05, 4.69) is 5.32 Å². The Labute approximate surface area is 106 Å². The lowest BCUT2D eigenvalue weighted by molar-refractivity contribution is 0.183. The summed E-state index contributed by atoms with van der Waals surface area (Å²) in [5, 5.41) is 3.99. The van der Waals surface area contributed by atoms with Crippen molar-refractivity contribution in [3.05, 3.63) is 34.8 Å². The number of fused-ring (bicyclic) bond motifs is 1. The van der Waals surface area contributed by atoms with Crippen LogP contribution < -0.4 is 5.32 Å². The quantitative estimate of drug-likeness (QED) is 0.886. The minimum Gasteiger partial charge on any atom is -0.456 e. The van der Waals surface area contributed by atoms with E-state index in [1.807, 2.05) is 13.0 Å². The maximum absolute atomic E-state index is 14.0. The molecule has 1 N–H and O–H groups in total. The Hall–Kier alpha value is -1.39. The molecule has 4 heteroatoms. The molecule has 1 heterocycles. The number of aryl methyl sites for hydroxylation is 1. The maximum Gasteiger partial charge on any atom is 0.170 e. The molecule has 18 heavy (non-hydrogen) atoms. The predicted octanol–water partition coefficient (Wildman–Crippen LogP) is 3.14. The zero-order chi connectivity index (χ0) is 13.1. The highest BCUT2D eigenvalue weighted by Crippen LogP contribution is 2.30. The fourth-order valence-corrected chi connectivity index (χ4v) is 2.01. The van der Waals surface area contributed by atoms with Gasteiger partial charge in [-0.2, -0.15) is 0 Å². The third kappa shape index (κ3) is 2.26. The number of methoxy groups -OCH3 is 1. The van der Waals surface area contributed by atoms with Gasteiger partial charge < -0.3 is 14.5 Å². The molecule has 0 amide bonds. The molecule has 0 aliphatic heterocycles. The maximum atomic E-state index is 14.0. The average Bonchev–Trinajstić information content (AvgIpc) is 2.71. The zero-order valence-corrected chi connectivity index (χ0v) is 11.0. The Morgan fingerprint density at radius 1 is 1.39 bits per heavy atom.